The molecule has 0 heteroatoms. The molecular formula is C52H44. The normalized spacial score (nSPS) is 12.8. The third-order valence-electron chi connectivity index (χ3n) is 10.6. The van der Waals surface area contributed by atoms with Crippen LogP contribution in [0.5, 0.6) is 0 Å². The summed E-state index contributed by atoms with van der Waals surface area (Å²) in [7, 11) is 0. The van der Waals surface area contributed by atoms with Crippen molar-refractivity contribution >= 4 is 34.6 Å². The Balaban J connectivity index is 1.33. The zero-order valence-electron chi connectivity index (χ0n) is 30.4. The van der Waals surface area contributed by atoms with Gasteiger partial charge in [-0.3, -0.25) is 0 Å². The lowest BCUT2D eigenvalue weighted by Crippen LogP contribution is -2.31. The maximum absolute atomic E-state index is 2.48. The van der Waals surface area contributed by atoms with Crippen molar-refractivity contribution in [1.82, 2.24) is 0 Å². The zero-order chi connectivity index (χ0) is 35.4. The van der Waals surface area contributed by atoms with E-state index in [1.165, 1.54) is 93.5 Å². The Kier molecular flexibility index (Phi) is 9.38. The van der Waals surface area contributed by atoms with Gasteiger partial charge in [-0.05, 0) is 140 Å². The van der Waals surface area contributed by atoms with Crippen LogP contribution in [0, 0.1) is 6.92 Å². The van der Waals surface area contributed by atoms with E-state index in [9.17, 15) is 0 Å². The molecule has 7 aromatic rings. The minimum Gasteiger partial charge on any atom is -0.0871 e. The van der Waals surface area contributed by atoms with E-state index < -0.39 is 0 Å². The van der Waals surface area contributed by atoms with Crippen LogP contribution in [0.15, 0.2) is 158 Å². The van der Waals surface area contributed by atoms with Crippen LogP contribution in [-0.4, -0.2) is 0 Å². The molecule has 0 heterocycles. The summed E-state index contributed by atoms with van der Waals surface area (Å²) in [6, 6.07) is 53.9. The van der Waals surface area contributed by atoms with Crippen LogP contribution in [0.1, 0.15) is 60.1 Å². The van der Waals surface area contributed by atoms with Crippen LogP contribution < -0.4 is 10.4 Å². The van der Waals surface area contributed by atoms with Gasteiger partial charge in [0.1, 0.15) is 0 Å². The number of allylic oxidation sites excluding steroid dienone is 2. The number of hydrogen-bond acceptors (Lipinski definition) is 0. The molecule has 8 rings (SSSR count). The third kappa shape index (κ3) is 6.38. The third-order valence-corrected chi connectivity index (χ3v) is 10.6. The van der Waals surface area contributed by atoms with Crippen LogP contribution in [0.25, 0.3) is 68.0 Å². The zero-order valence-corrected chi connectivity index (χ0v) is 30.4. The standard InChI is InChI=1S/C52H44/c1-4-15-38-19-10-11-20-43(38)34-37-24-26-41(27-25-37)52-48-23-14-13-22-47(48)51(42-30-28-40(29-31-42)39-17-7-6-8-18-39)49-33-32-44(35-50(49)52)45(5-2)46-21-12-9-16-36(46)3/h4-12,15-33,35H,13-14,34H2,1-3H3/b15-4-,45-5-. The van der Waals surface area contributed by atoms with E-state index in [0.29, 0.717) is 0 Å². The van der Waals surface area contributed by atoms with Gasteiger partial charge < -0.3 is 0 Å². The molecule has 0 N–H and O–H groups in total. The molecule has 252 valence electrons. The monoisotopic (exact) mass is 668 g/mol. The molecule has 0 saturated heterocycles. The minimum absolute atomic E-state index is 0.905. The average molecular weight is 669 g/mol. The second-order valence-electron chi connectivity index (χ2n) is 13.9. The average Bonchev–Trinajstić information content (AvgIpc) is 3.19. The van der Waals surface area contributed by atoms with Crippen molar-refractivity contribution in [3.8, 4) is 33.4 Å². The maximum Gasteiger partial charge on any atom is -0.00198 e. The van der Waals surface area contributed by atoms with Gasteiger partial charge in [-0.25, -0.2) is 0 Å². The highest BCUT2D eigenvalue weighted by atomic mass is 14.2. The summed E-state index contributed by atoms with van der Waals surface area (Å²) in [6.07, 6.45) is 14.6. The van der Waals surface area contributed by atoms with Gasteiger partial charge in [0.05, 0.1) is 0 Å². The molecule has 0 atom stereocenters. The Labute approximate surface area is 308 Å². The summed E-state index contributed by atoms with van der Waals surface area (Å²) in [6.45, 7) is 6.46. The van der Waals surface area contributed by atoms with Gasteiger partial charge in [0, 0.05) is 0 Å². The summed E-state index contributed by atoms with van der Waals surface area (Å²) in [5.74, 6) is 0. The van der Waals surface area contributed by atoms with E-state index in [0.717, 1.165) is 19.3 Å². The summed E-state index contributed by atoms with van der Waals surface area (Å²) in [4.78, 5) is 0. The smallest absolute Gasteiger partial charge is 0.00198 e. The second-order valence-corrected chi connectivity index (χ2v) is 13.9. The maximum atomic E-state index is 2.48. The predicted octanol–water partition coefficient (Wildman–Crippen LogP) is 12.6. The van der Waals surface area contributed by atoms with Crippen molar-refractivity contribution in [2.75, 3.05) is 0 Å². The molecule has 1 aliphatic rings. The molecule has 0 spiro atoms. The first-order chi connectivity index (χ1) is 25.6. The Morgan fingerprint density at radius 2 is 1.15 bits per heavy atom. The van der Waals surface area contributed by atoms with E-state index in [1.807, 2.05) is 0 Å². The highest BCUT2D eigenvalue weighted by Crippen LogP contribution is 2.37. The van der Waals surface area contributed by atoms with Crippen molar-refractivity contribution in [3.63, 3.8) is 0 Å². The number of rotatable bonds is 8. The van der Waals surface area contributed by atoms with Gasteiger partial charge in [0.2, 0.25) is 0 Å². The molecule has 1 aliphatic carbocycles. The molecule has 0 radical (unpaired) electrons. The summed E-state index contributed by atoms with van der Waals surface area (Å²) in [5.41, 5.74) is 16.7. The SMILES string of the molecule is C/C=C\c1ccccc1Cc1ccc(-c2c3c(c(-c4ccc(-c5ccccc5)cc4)c4ccc(/C(=C/C)c5ccccc5C)cc24)=CCCC=3)cc1. The van der Waals surface area contributed by atoms with Crippen LogP contribution in [0.2, 0.25) is 0 Å². The Bertz CT molecular complexity index is 2580. The number of hydrogen-bond donors (Lipinski definition) is 0. The van der Waals surface area contributed by atoms with E-state index in [2.05, 4.69) is 197 Å². The summed E-state index contributed by atoms with van der Waals surface area (Å²) >= 11 is 0. The molecule has 0 bridgehead atoms. The lowest BCUT2D eigenvalue weighted by Gasteiger charge is -2.20. The fraction of sp³-hybridized carbons (Fsp3) is 0.115. The van der Waals surface area contributed by atoms with Crippen molar-refractivity contribution < 1.29 is 0 Å². The Morgan fingerprint density at radius 3 is 1.85 bits per heavy atom. The van der Waals surface area contributed by atoms with E-state index in [1.54, 1.807) is 0 Å². The van der Waals surface area contributed by atoms with Crippen LogP contribution in [0.3, 0.4) is 0 Å². The van der Waals surface area contributed by atoms with Gasteiger partial charge in [-0.2, -0.15) is 0 Å². The highest BCUT2D eigenvalue weighted by molar-refractivity contribution is 6.07. The molecule has 0 aliphatic heterocycles. The van der Waals surface area contributed by atoms with E-state index in [4.69, 9.17) is 0 Å². The van der Waals surface area contributed by atoms with Gasteiger partial charge in [0.15, 0.2) is 0 Å². The summed E-state index contributed by atoms with van der Waals surface area (Å²) in [5, 5.41) is 5.29. The first-order valence-electron chi connectivity index (χ1n) is 18.6. The van der Waals surface area contributed by atoms with Gasteiger partial charge in [-0.15, -0.1) is 0 Å². The molecule has 0 unspecified atom stereocenters. The lowest BCUT2D eigenvalue weighted by atomic mass is 9.84. The molecule has 7 aromatic carbocycles. The van der Waals surface area contributed by atoms with Crippen LogP contribution in [-0.2, 0) is 6.42 Å². The second kappa shape index (κ2) is 14.7. The topological polar surface area (TPSA) is 0 Å². The molecular weight excluding hydrogens is 625 g/mol. The molecule has 0 aromatic heterocycles. The van der Waals surface area contributed by atoms with Gasteiger partial charge >= 0.3 is 0 Å². The summed E-state index contributed by atoms with van der Waals surface area (Å²) < 4.78 is 0. The van der Waals surface area contributed by atoms with Gasteiger partial charge in [0.25, 0.3) is 0 Å². The first kappa shape index (κ1) is 33.2. The van der Waals surface area contributed by atoms with Gasteiger partial charge in [-0.1, -0.05) is 170 Å². The van der Waals surface area contributed by atoms with E-state index in [-0.39, 0.29) is 0 Å². The largest absolute Gasteiger partial charge is 0.0871 e. The van der Waals surface area contributed by atoms with Crippen LogP contribution >= 0.6 is 0 Å². The lowest BCUT2D eigenvalue weighted by molar-refractivity contribution is 1.12. The molecule has 0 amide bonds. The molecule has 0 fully saturated rings. The molecule has 0 saturated carbocycles. The first-order valence-corrected chi connectivity index (χ1v) is 18.6. The molecule has 52 heavy (non-hydrogen) atoms. The Hall–Kier alpha value is -5.98. The number of benzene rings is 7. The van der Waals surface area contributed by atoms with Crippen molar-refractivity contribution in [3.05, 3.63) is 202 Å². The number of fused-ring (bicyclic) bond motifs is 2. The van der Waals surface area contributed by atoms with E-state index >= 15 is 0 Å². The quantitative estimate of drug-likeness (QED) is 0.151. The van der Waals surface area contributed by atoms with Crippen molar-refractivity contribution in [2.24, 2.45) is 0 Å². The van der Waals surface area contributed by atoms with Crippen molar-refractivity contribution in [2.45, 2.75) is 40.0 Å². The fourth-order valence-corrected chi connectivity index (χ4v) is 8.06. The number of aryl methyl sites for hydroxylation is 1. The predicted molar refractivity (Wildman–Crippen MR) is 226 cm³/mol. The minimum atomic E-state index is 0.905. The van der Waals surface area contributed by atoms with Crippen molar-refractivity contribution in [1.29, 1.82) is 0 Å². The fourth-order valence-electron chi connectivity index (χ4n) is 8.06. The highest BCUT2D eigenvalue weighted by Gasteiger charge is 2.18. The Morgan fingerprint density at radius 1 is 0.558 bits per heavy atom. The molecule has 0 nitrogen and oxygen atoms in total. The van der Waals surface area contributed by atoms with Crippen LogP contribution in [0.4, 0.5) is 0 Å².